The van der Waals surface area contributed by atoms with E-state index in [2.05, 4.69) is 31.1 Å². The number of anilines is 1. The third-order valence-electron chi connectivity index (χ3n) is 2.67. The van der Waals surface area contributed by atoms with Crippen molar-refractivity contribution in [1.82, 2.24) is 15.1 Å². The molecule has 6 nitrogen and oxygen atoms in total. The molecule has 3 aromatic rings. The van der Waals surface area contributed by atoms with Crippen LogP contribution >= 0.6 is 15.9 Å². The SMILES string of the molecule is Nc1cc(-c2nc(-c3ncccc3Br)no2)ccc1O. The first-order chi connectivity index (χ1) is 9.65. The van der Waals surface area contributed by atoms with Crippen molar-refractivity contribution in [2.24, 2.45) is 0 Å². The molecule has 0 atom stereocenters. The van der Waals surface area contributed by atoms with Crippen LogP contribution in [0.2, 0.25) is 0 Å². The van der Waals surface area contributed by atoms with Crippen molar-refractivity contribution in [3.05, 3.63) is 41.0 Å². The largest absolute Gasteiger partial charge is 0.506 e. The minimum absolute atomic E-state index is 0.0148. The number of pyridine rings is 1. The van der Waals surface area contributed by atoms with Gasteiger partial charge in [-0.1, -0.05) is 5.16 Å². The van der Waals surface area contributed by atoms with Crippen molar-refractivity contribution in [3.8, 4) is 28.7 Å². The van der Waals surface area contributed by atoms with Gasteiger partial charge in [0.2, 0.25) is 5.82 Å². The second kappa shape index (κ2) is 4.93. The second-order valence-electron chi connectivity index (χ2n) is 4.03. The Morgan fingerprint density at radius 2 is 2.10 bits per heavy atom. The van der Waals surface area contributed by atoms with Gasteiger partial charge in [0.05, 0.1) is 5.69 Å². The monoisotopic (exact) mass is 332 g/mol. The van der Waals surface area contributed by atoms with Crippen LogP contribution < -0.4 is 5.73 Å². The van der Waals surface area contributed by atoms with Crippen molar-refractivity contribution in [3.63, 3.8) is 0 Å². The fourth-order valence-corrected chi connectivity index (χ4v) is 2.11. The molecule has 0 amide bonds. The summed E-state index contributed by atoms with van der Waals surface area (Å²) in [5.41, 5.74) is 7.11. The van der Waals surface area contributed by atoms with E-state index in [0.29, 0.717) is 23.0 Å². The van der Waals surface area contributed by atoms with E-state index in [1.807, 2.05) is 6.07 Å². The number of hydrogen-bond acceptors (Lipinski definition) is 6. The summed E-state index contributed by atoms with van der Waals surface area (Å²) in [7, 11) is 0. The number of halogens is 1. The van der Waals surface area contributed by atoms with Crippen LogP contribution in [-0.2, 0) is 0 Å². The third kappa shape index (κ3) is 2.23. The van der Waals surface area contributed by atoms with Gasteiger partial charge in [-0.2, -0.15) is 4.98 Å². The molecule has 2 aromatic heterocycles. The van der Waals surface area contributed by atoms with Gasteiger partial charge in [0.1, 0.15) is 11.4 Å². The molecule has 2 heterocycles. The quantitative estimate of drug-likeness (QED) is 0.553. The lowest BCUT2D eigenvalue weighted by Gasteiger charge is -1.99. The molecular formula is C13H9BrN4O2. The lowest BCUT2D eigenvalue weighted by atomic mass is 10.2. The molecule has 0 radical (unpaired) electrons. The number of hydrogen-bond donors (Lipinski definition) is 2. The van der Waals surface area contributed by atoms with Crippen LogP contribution in [0.4, 0.5) is 5.69 Å². The maximum atomic E-state index is 9.40. The number of rotatable bonds is 2. The van der Waals surface area contributed by atoms with E-state index in [4.69, 9.17) is 10.3 Å². The summed E-state index contributed by atoms with van der Waals surface area (Å²) in [5, 5.41) is 13.3. The number of aromatic nitrogens is 3. The van der Waals surface area contributed by atoms with Crippen molar-refractivity contribution in [2.45, 2.75) is 0 Å². The number of phenols is 1. The van der Waals surface area contributed by atoms with Gasteiger partial charge in [0, 0.05) is 16.2 Å². The average molecular weight is 333 g/mol. The molecule has 100 valence electrons. The summed E-state index contributed by atoms with van der Waals surface area (Å²) in [6.45, 7) is 0. The van der Waals surface area contributed by atoms with E-state index in [-0.39, 0.29) is 11.4 Å². The minimum Gasteiger partial charge on any atom is -0.506 e. The van der Waals surface area contributed by atoms with Gasteiger partial charge in [-0.05, 0) is 46.3 Å². The Labute approximate surface area is 122 Å². The molecule has 0 unspecified atom stereocenters. The molecular weight excluding hydrogens is 324 g/mol. The summed E-state index contributed by atoms with van der Waals surface area (Å²) in [5.74, 6) is 0.698. The van der Waals surface area contributed by atoms with Crippen LogP contribution in [-0.4, -0.2) is 20.2 Å². The topological polar surface area (TPSA) is 98.1 Å². The van der Waals surface area contributed by atoms with Crippen molar-refractivity contribution < 1.29 is 9.63 Å². The molecule has 0 bridgehead atoms. The molecule has 3 N–H and O–H groups in total. The molecule has 0 aliphatic carbocycles. The Bertz CT molecular complexity index is 773. The Hall–Kier alpha value is -2.41. The predicted molar refractivity (Wildman–Crippen MR) is 76.7 cm³/mol. The number of aromatic hydroxyl groups is 1. The normalized spacial score (nSPS) is 10.7. The number of nitrogens with two attached hydrogens (primary N) is 1. The molecule has 0 aliphatic rings. The van der Waals surface area contributed by atoms with Crippen LogP contribution in [0.15, 0.2) is 45.5 Å². The Balaban J connectivity index is 2.02. The lowest BCUT2D eigenvalue weighted by Crippen LogP contribution is -1.88. The molecule has 0 fully saturated rings. The summed E-state index contributed by atoms with van der Waals surface area (Å²) in [4.78, 5) is 8.47. The van der Waals surface area contributed by atoms with Gasteiger partial charge >= 0.3 is 0 Å². The highest BCUT2D eigenvalue weighted by Crippen LogP contribution is 2.29. The second-order valence-corrected chi connectivity index (χ2v) is 4.88. The summed E-state index contributed by atoms with van der Waals surface area (Å²) in [6.07, 6.45) is 1.65. The van der Waals surface area contributed by atoms with E-state index >= 15 is 0 Å². The maximum Gasteiger partial charge on any atom is 0.258 e. The molecule has 1 aromatic carbocycles. The summed E-state index contributed by atoms with van der Waals surface area (Å²) >= 11 is 3.38. The fourth-order valence-electron chi connectivity index (χ4n) is 1.67. The van der Waals surface area contributed by atoms with Gasteiger partial charge in [-0.15, -0.1) is 0 Å². The standard InChI is InChI=1S/C13H9BrN4O2/c14-8-2-1-5-16-11(8)12-17-13(20-18-12)7-3-4-10(19)9(15)6-7/h1-6,19H,15H2. The number of nitrogen functional groups attached to an aromatic ring is 1. The average Bonchev–Trinajstić information content (AvgIpc) is 2.92. The van der Waals surface area contributed by atoms with Crippen LogP contribution in [0.25, 0.3) is 23.0 Å². The Kier molecular flexibility index (Phi) is 3.11. The molecule has 20 heavy (non-hydrogen) atoms. The Morgan fingerprint density at radius 1 is 1.25 bits per heavy atom. The van der Waals surface area contributed by atoms with Gasteiger partial charge in [-0.25, -0.2) is 0 Å². The van der Waals surface area contributed by atoms with Crippen LogP contribution in [0.5, 0.6) is 5.75 Å². The highest BCUT2D eigenvalue weighted by Gasteiger charge is 2.14. The first-order valence-electron chi connectivity index (χ1n) is 5.68. The van der Waals surface area contributed by atoms with Crippen LogP contribution in [0.1, 0.15) is 0 Å². The van der Waals surface area contributed by atoms with Gasteiger partial charge in [0.15, 0.2) is 0 Å². The number of benzene rings is 1. The third-order valence-corrected chi connectivity index (χ3v) is 3.31. The van der Waals surface area contributed by atoms with Crippen molar-refractivity contribution in [1.29, 1.82) is 0 Å². The zero-order valence-corrected chi connectivity index (χ0v) is 11.7. The first-order valence-corrected chi connectivity index (χ1v) is 6.48. The maximum absolute atomic E-state index is 9.40. The minimum atomic E-state index is 0.0148. The van der Waals surface area contributed by atoms with E-state index in [1.54, 1.807) is 24.4 Å². The highest BCUT2D eigenvalue weighted by molar-refractivity contribution is 9.10. The van der Waals surface area contributed by atoms with Crippen molar-refractivity contribution in [2.75, 3.05) is 5.73 Å². The fraction of sp³-hybridized carbons (Fsp3) is 0. The molecule has 0 saturated carbocycles. The predicted octanol–water partition coefficient (Wildman–Crippen LogP) is 2.85. The van der Waals surface area contributed by atoms with Crippen LogP contribution in [0, 0.1) is 0 Å². The molecule has 0 aliphatic heterocycles. The lowest BCUT2D eigenvalue weighted by molar-refractivity contribution is 0.432. The Morgan fingerprint density at radius 3 is 2.85 bits per heavy atom. The zero-order chi connectivity index (χ0) is 14.1. The number of phenolic OH excluding ortho intramolecular Hbond substituents is 1. The molecule has 0 spiro atoms. The highest BCUT2D eigenvalue weighted by atomic mass is 79.9. The molecule has 7 heteroatoms. The van der Waals surface area contributed by atoms with E-state index in [1.165, 1.54) is 6.07 Å². The van der Waals surface area contributed by atoms with Gasteiger partial charge in [0.25, 0.3) is 5.89 Å². The van der Waals surface area contributed by atoms with E-state index in [0.717, 1.165) is 4.47 Å². The van der Waals surface area contributed by atoms with Gasteiger partial charge in [-0.3, -0.25) is 4.98 Å². The number of nitrogens with zero attached hydrogens (tertiary/aromatic N) is 3. The summed E-state index contributed by atoms with van der Waals surface area (Å²) < 4.78 is 5.97. The summed E-state index contributed by atoms with van der Waals surface area (Å²) in [6, 6.07) is 8.34. The van der Waals surface area contributed by atoms with Crippen molar-refractivity contribution >= 4 is 21.6 Å². The van der Waals surface area contributed by atoms with E-state index in [9.17, 15) is 5.11 Å². The molecule has 0 saturated heterocycles. The van der Waals surface area contributed by atoms with E-state index < -0.39 is 0 Å². The zero-order valence-electron chi connectivity index (χ0n) is 10.1. The van der Waals surface area contributed by atoms with Crippen LogP contribution in [0.3, 0.4) is 0 Å². The van der Waals surface area contributed by atoms with Gasteiger partial charge < -0.3 is 15.4 Å². The molecule has 3 rings (SSSR count). The first kappa shape index (κ1) is 12.6. The smallest absolute Gasteiger partial charge is 0.258 e.